The number of alkyl halides is 3. The molecule has 0 spiro atoms. The number of rotatable bonds is 6. The van der Waals surface area contributed by atoms with Crippen molar-refractivity contribution in [3.8, 4) is 5.75 Å². The van der Waals surface area contributed by atoms with Gasteiger partial charge in [0.2, 0.25) is 0 Å². The van der Waals surface area contributed by atoms with E-state index >= 15 is 0 Å². The van der Waals surface area contributed by atoms with Gasteiger partial charge < -0.3 is 15.2 Å². The van der Waals surface area contributed by atoms with Crippen molar-refractivity contribution in [1.82, 2.24) is 5.32 Å². The number of benzene rings is 3. The molecule has 0 radical (unpaired) electrons. The van der Waals surface area contributed by atoms with Crippen molar-refractivity contribution in [3.05, 3.63) is 75.8 Å². The van der Waals surface area contributed by atoms with Crippen molar-refractivity contribution in [2.45, 2.75) is 39.6 Å². The summed E-state index contributed by atoms with van der Waals surface area (Å²) in [5, 5.41) is 13.5. The molecule has 34 heavy (non-hydrogen) atoms. The molecule has 0 unspecified atom stereocenters. The molecule has 0 fully saturated rings. The van der Waals surface area contributed by atoms with E-state index in [4.69, 9.17) is 4.74 Å². The van der Waals surface area contributed by atoms with Crippen LogP contribution in [0.1, 0.15) is 42.3 Å². The van der Waals surface area contributed by atoms with Gasteiger partial charge in [-0.2, -0.15) is 13.2 Å². The van der Waals surface area contributed by atoms with Crippen molar-refractivity contribution in [1.29, 1.82) is 0 Å². The third kappa shape index (κ3) is 5.70. The first kappa shape index (κ1) is 25.6. The summed E-state index contributed by atoms with van der Waals surface area (Å²) in [4.78, 5) is 24.9. The van der Waals surface area contributed by atoms with Crippen LogP contribution in [0.25, 0.3) is 10.8 Å². The second-order valence-corrected chi connectivity index (χ2v) is 9.73. The summed E-state index contributed by atoms with van der Waals surface area (Å²) < 4.78 is 45.1. The lowest BCUT2D eigenvalue weighted by molar-refractivity contribution is -0.142. The van der Waals surface area contributed by atoms with Gasteiger partial charge in [0, 0.05) is 9.86 Å². The first-order valence-corrected chi connectivity index (χ1v) is 11.1. The molecule has 180 valence electrons. The van der Waals surface area contributed by atoms with Crippen LogP contribution in [0.15, 0.2) is 59.1 Å². The molecule has 0 aliphatic heterocycles. The van der Waals surface area contributed by atoms with E-state index in [1.54, 1.807) is 39.0 Å². The van der Waals surface area contributed by atoms with Crippen molar-refractivity contribution in [2.75, 3.05) is 0 Å². The molecule has 5 nitrogen and oxygen atoms in total. The number of carboxylic acid groups (broad SMARTS) is 1. The SMILES string of the molecule is CC(C)(C)[C@H](NC(=O)c1cc(Br)c2ccccc2c1OCc1ccc(C(F)(F)F)cc1)C(=O)O. The second-order valence-electron chi connectivity index (χ2n) is 8.87. The Labute approximate surface area is 203 Å². The molecule has 0 aliphatic rings. The first-order valence-electron chi connectivity index (χ1n) is 10.3. The zero-order valence-electron chi connectivity index (χ0n) is 18.7. The van der Waals surface area contributed by atoms with Gasteiger partial charge in [0.1, 0.15) is 18.4 Å². The number of carbonyl (C=O) groups excluding carboxylic acids is 1. The number of hydrogen-bond acceptors (Lipinski definition) is 3. The smallest absolute Gasteiger partial charge is 0.416 e. The largest absolute Gasteiger partial charge is 0.487 e. The zero-order valence-corrected chi connectivity index (χ0v) is 20.3. The second kappa shape index (κ2) is 9.66. The van der Waals surface area contributed by atoms with Crippen LogP contribution in [-0.4, -0.2) is 23.0 Å². The maximum Gasteiger partial charge on any atom is 0.416 e. The number of ether oxygens (including phenoxy) is 1. The fourth-order valence-electron chi connectivity index (χ4n) is 3.43. The Morgan fingerprint density at radius 3 is 2.15 bits per heavy atom. The summed E-state index contributed by atoms with van der Waals surface area (Å²) in [5.41, 5.74) is -0.943. The number of nitrogens with one attached hydrogen (secondary N) is 1. The normalized spacial score (nSPS) is 12.9. The van der Waals surface area contributed by atoms with Gasteiger partial charge in [0.15, 0.2) is 0 Å². The quantitative estimate of drug-likeness (QED) is 0.380. The number of aliphatic carboxylic acids is 1. The van der Waals surface area contributed by atoms with Crippen LogP contribution in [0.4, 0.5) is 13.2 Å². The minimum Gasteiger partial charge on any atom is -0.487 e. The highest BCUT2D eigenvalue weighted by Crippen LogP contribution is 2.36. The monoisotopic (exact) mass is 537 g/mol. The maximum atomic E-state index is 13.2. The number of halogens is 4. The van der Waals surface area contributed by atoms with Crippen LogP contribution >= 0.6 is 15.9 Å². The van der Waals surface area contributed by atoms with E-state index in [-0.39, 0.29) is 17.9 Å². The van der Waals surface area contributed by atoms with Crippen LogP contribution in [0, 0.1) is 5.41 Å². The highest BCUT2D eigenvalue weighted by Gasteiger charge is 2.34. The average molecular weight is 538 g/mol. The Hall–Kier alpha value is -3.07. The summed E-state index contributed by atoms with van der Waals surface area (Å²) in [7, 11) is 0. The summed E-state index contributed by atoms with van der Waals surface area (Å²) in [6.07, 6.45) is -4.44. The van der Waals surface area contributed by atoms with E-state index in [0.29, 0.717) is 15.4 Å². The number of amides is 1. The number of carbonyl (C=O) groups is 2. The van der Waals surface area contributed by atoms with Crippen LogP contribution in [-0.2, 0) is 17.6 Å². The zero-order chi connectivity index (χ0) is 25.3. The van der Waals surface area contributed by atoms with Gasteiger partial charge in [0.25, 0.3) is 5.91 Å². The molecule has 0 bridgehead atoms. The standard InChI is InChI=1S/C25H23BrF3NO4/c1-24(2,3)21(23(32)33)30-22(31)18-12-19(26)16-6-4-5-7-17(16)20(18)34-13-14-8-10-15(11-9-14)25(27,28)29/h4-12,21H,13H2,1-3H3,(H,30,31)(H,32,33)/t21-/m1/s1. The van der Waals surface area contributed by atoms with Crippen molar-refractivity contribution < 1.29 is 32.6 Å². The number of fused-ring (bicyclic) bond motifs is 1. The lowest BCUT2D eigenvalue weighted by Crippen LogP contribution is -2.49. The van der Waals surface area contributed by atoms with Gasteiger partial charge in [-0.3, -0.25) is 4.79 Å². The summed E-state index contributed by atoms with van der Waals surface area (Å²) in [6, 6.07) is 12.1. The lowest BCUT2D eigenvalue weighted by atomic mass is 9.86. The van der Waals surface area contributed by atoms with Crippen molar-refractivity contribution in [2.24, 2.45) is 5.41 Å². The molecule has 3 aromatic carbocycles. The Kier molecular flexibility index (Phi) is 7.26. The molecular weight excluding hydrogens is 515 g/mol. The van der Waals surface area contributed by atoms with Crippen LogP contribution in [0.5, 0.6) is 5.75 Å². The van der Waals surface area contributed by atoms with Gasteiger partial charge in [-0.15, -0.1) is 0 Å². The Balaban J connectivity index is 1.99. The lowest BCUT2D eigenvalue weighted by Gasteiger charge is -2.28. The van der Waals surface area contributed by atoms with E-state index < -0.39 is 35.1 Å². The Bertz CT molecular complexity index is 1220. The number of hydrogen-bond donors (Lipinski definition) is 2. The van der Waals surface area contributed by atoms with Gasteiger partial charge in [-0.1, -0.05) is 73.1 Å². The fourth-order valence-corrected chi connectivity index (χ4v) is 4.01. The van der Waals surface area contributed by atoms with E-state index in [9.17, 15) is 27.9 Å². The van der Waals surface area contributed by atoms with Gasteiger partial charge in [-0.05, 0) is 34.6 Å². The highest BCUT2D eigenvalue weighted by molar-refractivity contribution is 9.10. The van der Waals surface area contributed by atoms with E-state index in [1.165, 1.54) is 12.1 Å². The molecule has 0 aliphatic carbocycles. The van der Waals surface area contributed by atoms with Crippen molar-refractivity contribution >= 4 is 38.6 Å². The number of carboxylic acids is 1. The van der Waals surface area contributed by atoms with E-state index in [2.05, 4.69) is 21.2 Å². The first-order chi connectivity index (χ1) is 15.8. The Morgan fingerprint density at radius 2 is 1.62 bits per heavy atom. The molecule has 3 aromatic rings. The van der Waals surface area contributed by atoms with Crippen LogP contribution in [0.3, 0.4) is 0 Å². The van der Waals surface area contributed by atoms with Gasteiger partial charge in [-0.25, -0.2) is 4.79 Å². The van der Waals surface area contributed by atoms with Crippen LogP contribution in [0.2, 0.25) is 0 Å². The topological polar surface area (TPSA) is 75.6 Å². The molecule has 0 saturated heterocycles. The molecule has 1 atom stereocenters. The summed E-state index contributed by atoms with van der Waals surface area (Å²) in [5.74, 6) is -1.61. The van der Waals surface area contributed by atoms with Crippen molar-refractivity contribution in [3.63, 3.8) is 0 Å². The highest BCUT2D eigenvalue weighted by atomic mass is 79.9. The molecule has 0 aromatic heterocycles. The molecule has 0 heterocycles. The Morgan fingerprint density at radius 1 is 1.03 bits per heavy atom. The van der Waals surface area contributed by atoms with E-state index in [0.717, 1.165) is 17.5 Å². The van der Waals surface area contributed by atoms with Crippen LogP contribution < -0.4 is 10.1 Å². The minimum atomic E-state index is -4.44. The molecule has 2 N–H and O–H groups in total. The predicted octanol–water partition coefficient (Wildman–Crippen LogP) is 6.43. The fraction of sp³-hybridized carbons (Fsp3) is 0.280. The maximum absolute atomic E-state index is 13.2. The summed E-state index contributed by atoms with van der Waals surface area (Å²) >= 11 is 3.45. The average Bonchev–Trinajstić information content (AvgIpc) is 2.75. The third-order valence-corrected chi connectivity index (χ3v) is 5.90. The molecular formula is C25H23BrF3NO4. The van der Waals surface area contributed by atoms with Gasteiger partial charge >= 0.3 is 12.1 Å². The molecule has 3 rings (SSSR count). The van der Waals surface area contributed by atoms with E-state index in [1.807, 2.05) is 12.1 Å². The molecule has 1 amide bonds. The minimum absolute atomic E-state index is 0.0916. The predicted molar refractivity (Wildman–Crippen MR) is 126 cm³/mol. The molecule has 0 saturated carbocycles. The molecule has 9 heteroatoms. The van der Waals surface area contributed by atoms with Gasteiger partial charge in [0.05, 0.1) is 11.1 Å². The third-order valence-electron chi connectivity index (χ3n) is 5.24. The summed E-state index contributed by atoms with van der Waals surface area (Å²) in [6.45, 7) is 5.00.